The van der Waals surface area contributed by atoms with Crippen molar-refractivity contribution >= 4 is 28.5 Å². The Balaban J connectivity index is 1.89. The second-order valence-electron chi connectivity index (χ2n) is 6.18. The summed E-state index contributed by atoms with van der Waals surface area (Å²) in [5.74, 6) is 2.22. The number of imidazole rings is 1. The number of hydrogen-bond donors (Lipinski definition) is 0. The van der Waals surface area contributed by atoms with Crippen LogP contribution in [0.25, 0.3) is 17.1 Å². The van der Waals surface area contributed by atoms with E-state index in [9.17, 15) is 0 Å². The van der Waals surface area contributed by atoms with Gasteiger partial charge >= 0.3 is 0 Å². The van der Waals surface area contributed by atoms with E-state index < -0.39 is 0 Å². The number of rotatable bonds is 4. The van der Waals surface area contributed by atoms with Crippen LogP contribution >= 0.6 is 0 Å². The number of anilines is 2. The Morgan fingerprint density at radius 1 is 0.800 bits per heavy atom. The Morgan fingerprint density at radius 3 is 2.00 bits per heavy atom. The normalized spacial score (nSPS) is 13.6. The molecule has 2 heterocycles. The van der Waals surface area contributed by atoms with E-state index in [1.54, 1.807) is 0 Å². The molecule has 0 radical (unpaired) electrons. The summed E-state index contributed by atoms with van der Waals surface area (Å²) < 4.78 is 2.28. The predicted octanol–water partition coefficient (Wildman–Crippen LogP) is 4.72. The molecular weight excluding hydrogens is 308 g/mol. The lowest BCUT2D eigenvalue weighted by atomic mass is 10.2. The summed E-state index contributed by atoms with van der Waals surface area (Å²) in [5, 5.41) is 0. The quantitative estimate of drug-likeness (QED) is 0.691. The molecule has 1 aromatic heterocycles. The second-order valence-corrected chi connectivity index (χ2v) is 6.18. The number of aryl methyl sites for hydroxylation is 1. The molecule has 0 amide bonds. The highest BCUT2D eigenvalue weighted by molar-refractivity contribution is 5.86. The number of nitrogens with zero attached hydrogens (tertiary/aromatic N) is 4. The zero-order valence-electron chi connectivity index (χ0n) is 15.1. The summed E-state index contributed by atoms with van der Waals surface area (Å²) in [4.78, 5) is 9.63. The molecular formula is C21H24N4. The van der Waals surface area contributed by atoms with Crippen LogP contribution in [0.1, 0.15) is 26.6 Å². The lowest BCUT2D eigenvalue weighted by Crippen LogP contribution is -2.28. The Hall–Kier alpha value is -2.75. The first-order valence-electron chi connectivity index (χ1n) is 9.09. The molecule has 4 nitrogen and oxygen atoms in total. The third kappa shape index (κ3) is 2.40. The van der Waals surface area contributed by atoms with E-state index in [1.807, 2.05) is 6.07 Å². The molecule has 0 unspecified atom stereocenters. The Labute approximate surface area is 149 Å². The van der Waals surface area contributed by atoms with Crippen molar-refractivity contribution < 1.29 is 0 Å². The van der Waals surface area contributed by atoms with E-state index in [-0.39, 0.29) is 0 Å². The van der Waals surface area contributed by atoms with Gasteiger partial charge in [-0.25, -0.2) is 4.98 Å². The molecule has 0 atom stereocenters. The number of fused-ring (bicyclic) bond motifs is 2. The lowest BCUT2D eigenvalue weighted by molar-refractivity contribution is 0.774. The molecule has 0 fully saturated rings. The van der Waals surface area contributed by atoms with Gasteiger partial charge in [0.15, 0.2) is 0 Å². The first-order chi connectivity index (χ1) is 12.3. The maximum absolute atomic E-state index is 4.88. The standard InChI is InChI=1S/C21H24N4/c1-4-23-17-12-8-7-11-16(17)22-20(23)15-21-24(5-2)18-13-9-10-14-19(18)25(21)6-3/h7-15H,4-6H2,1-3H3. The van der Waals surface area contributed by atoms with E-state index >= 15 is 0 Å². The Morgan fingerprint density at radius 2 is 1.40 bits per heavy atom. The van der Waals surface area contributed by atoms with E-state index in [0.717, 1.165) is 31.0 Å². The fourth-order valence-electron chi connectivity index (χ4n) is 3.79. The molecule has 0 N–H and O–H groups in total. The third-order valence-electron chi connectivity index (χ3n) is 4.91. The summed E-state index contributed by atoms with van der Waals surface area (Å²) in [6.45, 7) is 9.36. The molecule has 25 heavy (non-hydrogen) atoms. The fraction of sp³-hybridized carbons (Fsp3) is 0.286. The van der Waals surface area contributed by atoms with Gasteiger partial charge in [0.1, 0.15) is 11.6 Å². The maximum atomic E-state index is 4.88. The molecule has 0 spiro atoms. The summed E-state index contributed by atoms with van der Waals surface area (Å²) in [6, 6.07) is 17.0. The van der Waals surface area contributed by atoms with Crippen molar-refractivity contribution in [1.29, 1.82) is 0 Å². The van der Waals surface area contributed by atoms with Gasteiger partial charge < -0.3 is 14.4 Å². The van der Waals surface area contributed by atoms with Crippen LogP contribution < -0.4 is 9.80 Å². The molecule has 1 aliphatic rings. The summed E-state index contributed by atoms with van der Waals surface area (Å²) in [7, 11) is 0. The lowest BCUT2D eigenvalue weighted by Gasteiger charge is -2.23. The molecule has 3 aromatic rings. The van der Waals surface area contributed by atoms with E-state index in [1.165, 1.54) is 22.7 Å². The first kappa shape index (κ1) is 15.8. The van der Waals surface area contributed by atoms with Gasteiger partial charge in [-0.05, 0) is 45.0 Å². The minimum absolute atomic E-state index is 0.908. The molecule has 0 saturated carbocycles. The van der Waals surface area contributed by atoms with Crippen LogP contribution in [0.2, 0.25) is 0 Å². The molecule has 0 saturated heterocycles. The van der Waals surface area contributed by atoms with Crippen LogP contribution in [0.5, 0.6) is 0 Å². The van der Waals surface area contributed by atoms with Crippen molar-refractivity contribution in [2.45, 2.75) is 27.3 Å². The van der Waals surface area contributed by atoms with Gasteiger partial charge in [0.05, 0.1) is 22.4 Å². The van der Waals surface area contributed by atoms with E-state index in [4.69, 9.17) is 4.98 Å². The van der Waals surface area contributed by atoms with Crippen LogP contribution in [0.4, 0.5) is 11.4 Å². The van der Waals surface area contributed by atoms with Gasteiger partial charge in [-0.3, -0.25) is 0 Å². The average Bonchev–Trinajstić information content (AvgIpc) is 3.15. The molecule has 4 rings (SSSR count). The van der Waals surface area contributed by atoms with E-state index in [0.29, 0.717) is 0 Å². The van der Waals surface area contributed by atoms with Gasteiger partial charge in [-0.1, -0.05) is 24.3 Å². The van der Waals surface area contributed by atoms with Crippen molar-refractivity contribution in [2.75, 3.05) is 22.9 Å². The van der Waals surface area contributed by atoms with Gasteiger partial charge in [0, 0.05) is 25.7 Å². The van der Waals surface area contributed by atoms with Crippen molar-refractivity contribution in [1.82, 2.24) is 9.55 Å². The Bertz CT molecular complexity index is 905. The fourth-order valence-corrected chi connectivity index (χ4v) is 3.79. The predicted molar refractivity (Wildman–Crippen MR) is 106 cm³/mol. The van der Waals surface area contributed by atoms with Gasteiger partial charge in [0.2, 0.25) is 0 Å². The molecule has 1 aliphatic heterocycles. The summed E-state index contributed by atoms with van der Waals surface area (Å²) in [6.07, 6.45) is 2.23. The highest BCUT2D eigenvalue weighted by Crippen LogP contribution is 2.41. The molecule has 128 valence electrons. The topological polar surface area (TPSA) is 24.3 Å². The summed E-state index contributed by atoms with van der Waals surface area (Å²) in [5.41, 5.74) is 4.80. The van der Waals surface area contributed by atoms with Crippen molar-refractivity contribution in [3.63, 3.8) is 0 Å². The monoisotopic (exact) mass is 332 g/mol. The van der Waals surface area contributed by atoms with Gasteiger partial charge in [0.25, 0.3) is 0 Å². The number of aromatic nitrogens is 2. The van der Waals surface area contributed by atoms with Gasteiger partial charge in [-0.15, -0.1) is 0 Å². The second kappa shape index (κ2) is 6.28. The molecule has 2 aromatic carbocycles. The molecule has 4 heteroatoms. The van der Waals surface area contributed by atoms with Crippen LogP contribution in [0, 0.1) is 0 Å². The van der Waals surface area contributed by atoms with Gasteiger partial charge in [-0.2, -0.15) is 0 Å². The van der Waals surface area contributed by atoms with E-state index in [2.05, 4.69) is 83.7 Å². The average molecular weight is 332 g/mol. The molecule has 0 bridgehead atoms. The van der Waals surface area contributed by atoms with Crippen LogP contribution in [0.3, 0.4) is 0 Å². The third-order valence-corrected chi connectivity index (χ3v) is 4.91. The van der Waals surface area contributed by atoms with Crippen LogP contribution in [-0.4, -0.2) is 22.6 Å². The Kier molecular flexibility index (Phi) is 3.96. The summed E-state index contributed by atoms with van der Waals surface area (Å²) >= 11 is 0. The SMILES string of the molecule is CCN1C(=Cc2nc3ccccc3n2CC)N(CC)c2ccccc21. The smallest absolute Gasteiger partial charge is 0.137 e. The zero-order chi connectivity index (χ0) is 17.4. The van der Waals surface area contributed by atoms with Crippen LogP contribution in [-0.2, 0) is 6.54 Å². The highest BCUT2D eigenvalue weighted by atomic mass is 15.4. The minimum Gasteiger partial charge on any atom is -0.326 e. The number of para-hydroxylation sites is 4. The highest BCUT2D eigenvalue weighted by Gasteiger charge is 2.29. The van der Waals surface area contributed by atoms with Crippen LogP contribution in [0.15, 0.2) is 54.4 Å². The number of benzene rings is 2. The maximum Gasteiger partial charge on any atom is 0.137 e. The van der Waals surface area contributed by atoms with Crippen molar-refractivity contribution in [3.05, 3.63) is 60.2 Å². The van der Waals surface area contributed by atoms with Crippen molar-refractivity contribution in [2.24, 2.45) is 0 Å². The zero-order valence-corrected chi connectivity index (χ0v) is 15.1. The minimum atomic E-state index is 0.908. The van der Waals surface area contributed by atoms with Crippen molar-refractivity contribution in [3.8, 4) is 0 Å². The largest absolute Gasteiger partial charge is 0.326 e. The number of hydrogen-bond acceptors (Lipinski definition) is 3. The molecule has 0 aliphatic carbocycles. The first-order valence-corrected chi connectivity index (χ1v) is 9.09.